The van der Waals surface area contributed by atoms with Crippen LogP contribution in [0.1, 0.15) is 5.56 Å². The maximum Gasteiger partial charge on any atom is 0.124 e. The minimum absolute atomic E-state index is 0.240. The van der Waals surface area contributed by atoms with Gasteiger partial charge >= 0.3 is 0 Å². The van der Waals surface area contributed by atoms with E-state index in [1.54, 1.807) is 6.07 Å². The van der Waals surface area contributed by atoms with Crippen molar-refractivity contribution in [1.29, 1.82) is 0 Å². The Balaban J connectivity index is 2.11. The molecule has 0 bridgehead atoms. The molecule has 0 unspecified atom stereocenters. The van der Waals surface area contributed by atoms with E-state index in [1.165, 1.54) is 12.1 Å². The molecule has 18 heavy (non-hydrogen) atoms. The van der Waals surface area contributed by atoms with Gasteiger partial charge in [0.15, 0.2) is 0 Å². The molecule has 0 aliphatic rings. The molecular weight excluding hydrogens is 429 g/mol. The van der Waals surface area contributed by atoms with E-state index in [1.807, 2.05) is 18.2 Å². The van der Waals surface area contributed by atoms with Gasteiger partial charge in [0.2, 0.25) is 0 Å². The molecule has 2 aromatic rings. The summed E-state index contributed by atoms with van der Waals surface area (Å²) in [5.74, 6) is -0.240. The molecular formula is C13H9Br3FN. The standard InChI is InChI=1S/C13H9Br3FN/c14-9-2-4-13(12(16)5-9)18-7-8-1-3-10(17)6-11(8)15/h1-6,18H,7H2. The molecule has 1 N–H and O–H groups in total. The lowest BCUT2D eigenvalue weighted by molar-refractivity contribution is 0.626. The average Bonchev–Trinajstić information content (AvgIpc) is 2.30. The highest BCUT2D eigenvalue weighted by molar-refractivity contribution is 9.11. The summed E-state index contributed by atoms with van der Waals surface area (Å²) in [6, 6.07) is 10.6. The Morgan fingerprint density at radius 2 is 1.72 bits per heavy atom. The molecule has 0 aliphatic heterocycles. The van der Waals surface area contributed by atoms with Crippen LogP contribution in [0.25, 0.3) is 0 Å². The van der Waals surface area contributed by atoms with Crippen molar-refractivity contribution in [2.75, 3.05) is 5.32 Å². The fourth-order valence-electron chi connectivity index (χ4n) is 1.49. The van der Waals surface area contributed by atoms with Crippen LogP contribution in [-0.2, 0) is 6.54 Å². The van der Waals surface area contributed by atoms with E-state index in [0.717, 1.165) is 24.7 Å². The third-order valence-electron chi connectivity index (χ3n) is 2.42. The molecule has 0 saturated carbocycles. The van der Waals surface area contributed by atoms with E-state index in [4.69, 9.17) is 0 Å². The van der Waals surface area contributed by atoms with Gasteiger partial charge in [0, 0.05) is 25.7 Å². The Labute approximate surface area is 130 Å². The molecule has 2 rings (SSSR count). The molecule has 0 amide bonds. The van der Waals surface area contributed by atoms with Gasteiger partial charge in [0.25, 0.3) is 0 Å². The predicted octanol–water partition coefficient (Wildman–Crippen LogP) is 5.73. The van der Waals surface area contributed by atoms with Crippen LogP contribution in [0.4, 0.5) is 10.1 Å². The van der Waals surface area contributed by atoms with Gasteiger partial charge in [-0.2, -0.15) is 0 Å². The second kappa shape index (κ2) is 6.17. The fourth-order valence-corrected chi connectivity index (χ4v) is 3.17. The van der Waals surface area contributed by atoms with Crippen LogP contribution in [0, 0.1) is 5.82 Å². The summed E-state index contributed by atoms with van der Waals surface area (Å²) in [6.07, 6.45) is 0. The van der Waals surface area contributed by atoms with Gasteiger partial charge in [-0.25, -0.2) is 4.39 Å². The zero-order valence-electron chi connectivity index (χ0n) is 9.18. The van der Waals surface area contributed by atoms with Crippen molar-refractivity contribution < 1.29 is 4.39 Å². The third kappa shape index (κ3) is 3.56. The van der Waals surface area contributed by atoms with Gasteiger partial charge in [-0.15, -0.1) is 0 Å². The van der Waals surface area contributed by atoms with E-state index in [-0.39, 0.29) is 5.82 Å². The van der Waals surface area contributed by atoms with Crippen molar-refractivity contribution >= 4 is 53.5 Å². The highest BCUT2D eigenvalue weighted by Crippen LogP contribution is 2.27. The first kappa shape index (κ1) is 14.0. The van der Waals surface area contributed by atoms with E-state index in [2.05, 4.69) is 53.1 Å². The molecule has 0 fully saturated rings. The highest BCUT2D eigenvalue weighted by Gasteiger charge is 2.04. The zero-order valence-corrected chi connectivity index (χ0v) is 13.9. The molecule has 0 atom stereocenters. The minimum Gasteiger partial charge on any atom is -0.380 e. The van der Waals surface area contributed by atoms with Crippen molar-refractivity contribution in [3.63, 3.8) is 0 Å². The van der Waals surface area contributed by atoms with Crippen molar-refractivity contribution in [3.8, 4) is 0 Å². The number of halogens is 4. The van der Waals surface area contributed by atoms with Gasteiger partial charge in [0.1, 0.15) is 5.82 Å². The second-order valence-corrected chi connectivity index (χ2v) is 6.34. The minimum atomic E-state index is -0.240. The Hall–Kier alpha value is -0.390. The van der Waals surface area contributed by atoms with Crippen LogP contribution in [0.15, 0.2) is 49.8 Å². The van der Waals surface area contributed by atoms with E-state index < -0.39 is 0 Å². The normalized spacial score (nSPS) is 10.4. The first-order chi connectivity index (χ1) is 8.56. The maximum absolute atomic E-state index is 13.0. The molecule has 0 radical (unpaired) electrons. The number of nitrogens with one attached hydrogen (secondary N) is 1. The van der Waals surface area contributed by atoms with Gasteiger partial charge in [-0.05, 0) is 51.8 Å². The summed E-state index contributed by atoms with van der Waals surface area (Å²) >= 11 is 10.2. The van der Waals surface area contributed by atoms with Crippen LogP contribution in [-0.4, -0.2) is 0 Å². The second-order valence-electron chi connectivity index (χ2n) is 3.71. The Bertz CT molecular complexity index is 521. The topological polar surface area (TPSA) is 12.0 Å². The maximum atomic E-state index is 13.0. The summed E-state index contributed by atoms with van der Waals surface area (Å²) in [6.45, 7) is 0.626. The van der Waals surface area contributed by atoms with Crippen LogP contribution in [0.5, 0.6) is 0 Å². The summed E-state index contributed by atoms with van der Waals surface area (Å²) in [5, 5.41) is 3.30. The van der Waals surface area contributed by atoms with E-state index >= 15 is 0 Å². The monoisotopic (exact) mass is 435 g/mol. The lowest BCUT2D eigenvalue weighted by Gasteiger charge is -2.10. The van der Waals surface area contributed by atoms with Gasteiger partial charge < -0.3 is 5.32 Å². The van der Waals surface area contributed by atoms with Gasteiger partial charge in [-0.3, -0.25) is 0 Å². The first-order valence-corrected chi connectivity index (χ1v) is 7.57. The van der Waals surface area contributed by atoms with E-state index in [9.17, 15) is 4.39 Å². The summed E-state index contributed by atoms with van der Waals surface area (Å²) in [5.41, 5.74) is 2.00. The van der Waals surface area contributed by atoms with Crippen molar-refractivity contribution in [2.24, 2.45) is 0 Å². The lowest BCUT2D eigenvalue weighted by atomic mass is 10.2. The van der Waals surface area contributed by atoms with Crippen molar-refractivity contribution in [3.05, 3.63) is 61.2 Å². The Kier molecular flexibility index (Phi) is 4.81. The number of anilines is 1. The third-order valence-corrected chi connectivity index (χ3v) is 4.30. The predicted molar refractivity (Wildman–Crippen MR) is 83.3 cm³/mol. The first-order valence-electron chi connectivity index (χ1n) is 5.19. The van der Waals surface area contributed by atoms with Crippen LogP contribution in [0.2, 0.25) is 0 Å². The highest BCUT2D eigenvalue weighted by atomic mass is 79.9. The van der Waals surface area contributed by atoms with Gasteiger partial charge in [-0.1, -0.05) is 37.9 Å². The number of benzene rings is 2. The SMILES string of the molecule is Fc1ccc(CNc2ccc(Br)cc2Br)c(Br)c1. The van der Waals surface area contributed by atoms with E-state index in [0.29, 0.717) is 6.54 Å². The Morgan fingerprint density at radius 3 is 2.39 bits per heavy atom. The lowest BCUT2D eigenvalue weighted by Crippen LogP contribution is -2.01. The number of hydrogen-bond acceptors (Lipinski definition) is 1. The molecule has 0 aliphatic carbocycles. The molecule has 5 heteroatoms. The molecule has 0 aromatic heterocycles. The molecule has 0 saturated heterocycles. The van der Waals surface area contributed by atoms with Crippen LogP contribution >= 0.6 is 47.8 Å². The van der Waals surface area contributed by atoms with Crippen LogP contribution in [0.3, 0.4) is 0 Å². The molecule has 1 nitrogen and oxygen atoms in total. The smallest absolute Gasteiger partial charge is 0.124 e. The Morgan fingerprint density at radius 1 is 0.944 bits per heavy atom. The van der Waals surface area contributed by atoms with Crippen molar-refractivity contribution in [2.45, 2.75) is 6.54 Å². The number of hydrogen-bond donors (Lipinski definition) is 1. The van der Waals surface area contributed by atoms with Crippen LogP contribution < -0.4 is 5.32 Å². The summed E-state index contributed by atoms with van der Waals surface area (Å²) in [7, 11) is 0. The quantitative estimate of drug-likeness (QED) is 0.647. The van der Waals surface area contributed by atoms with Gasteiger partial charge in [0.05, 0.1) is 0 Å². The van der Waals surface area contributed by atoms with Crippen molar-refractivity contribution in [1.82, 2.24) is 0 Å². The average molecular weight is 438 g/mol. The summed E-state index contributed by atoms with van der Waals surface area (Å²) in [4.78, 5) is 0. The molecule has 0 spiro atoms. The zero-order chi connectivity index (χ0) is 13.1. The molecule has 2 aromatic carbocycles. The largest absolute Gasteiger partial charge is 0.380 e. The molecule has 94 valence electrons. The molecule has 0 heterocycles. The summed E-state index contributed by atoms with van der Waals surface area (Å²) < 4.78 is 15.7. The fraction of sp³-hybridized carbons (Fsp3) is 0.0769. The number of rotatable bonds is 3.